The molecule has 0 atom stereocenters. The second-order valence-corrected chi connectivity index (χ2v) is 6.68. The average Bonchev–Trinajstić information content (AvgIpc) is 2.57. The first kappa shape index (κ1) is 16.6. The van der Waals surface area contributed by atoms with Gasteiger partial charge in [0, 0.05) is 43.5 Å². The van der Waals surface area contributed by atoms with Crippen molar-refractivity contribution in [2.24, 2.45) is 0 Å². The van der Waals surface area contributed by atoms with Crippen LogP contribution in [0.4, 0.5) is 16.2 Å². The van der Waals surface area contributed by atoms with Crippen molar-refractivity contribution < 1.29 is 9.59 Å². The van der Waals surface area contributed by atoms with Gasteiger partial charge in [-0.15, -0.1) is 0 Å². The topological polar surface area (TPSA) is 73.5 Å². The maximum atomic E-state index is 12.0. The molecule has 0 radical (unpaired) electrons. The van der Waals surface area contributed by atoms with Gasteiger partial charge in [-0.2, -0.15) is 0 Å². The van der Waals surface area contributed by atoms with E-state index in [2.05, 4.69) is 16.0 Å². The summed E-state index contributed by atoms with van der Waals surface area (Å²) in [6.07, 6.45) is 5.06. The fourth-order valence-electron chi connectivity index (χ4n) is 3.54. The van der Waals surface area contributed by atoms with Gasteiger partial charge in [-0.25, -0.2) is 4.79 Å². The van der Waals surface area contributed by atoms with Gasteiger partial charge < -0.3 is 16.0 Å². The van der Waals surface area contributed by atoms with Crippen LogP contribution in [0.15, 0.2) is 24.3 Å². The summed E-state index contributed by atoms with van der Waals surface area (Å²) in [5, 5.41) is 9.47. The minimum Gasteiger partial charge on any atom is -0.382 e. The molecular weight excluding hydrogens is 304 g/mol. The Morgan fingerprint density at radius 1 is 1.21 bits per heavy atom. The highest BCUT2D eigenvalue weighted by atomic mass is 16.2. The second kappa shape index (κ2) is 7.55. The van der Waals surface area contributed by atoms with E-state index in [1.807, 2.05) is 24.3 Å². The third-order valence-corrected chi connectivity index (χ3v) is 4.74. The van der Waals surface area contributed by atoms with Gasteiger partial charge in [-0.05, 0) is 50.3 Å². The SMILES string of the molecule is CC(=O)NC1CCC(Nc2cccc(N3CCCNC3=O)c2)CC1. The van der Waals surface area contributed by atoms with E-state index in [4.69, 9.17) is 0 Å². The van der Waals surface area contributed by atoms with Crippen LogP contribution in [0.25, 0.3) is 0 Å². The first-order valence-electron chi connectivity index (χ1n) is 8.81. The number of amides is 3. The molecule has 1 aliphatic carbocycles. The number of carbonyl (C=O) groups excluding carboxylic acids is 2. The minimum absolute atomic E-state index is 0.0192. The number of benzene rings is 1. The molecule has 0 bridgehead atoms. The Balaban J connectivity index is 1.57. The molecular formula is C18H26N4O2. The predicted molar refractivity (Wildman–Crippen MR) is 95.3 cm³/mol. The molecule has 0 aromatic heterocycles. The molecule has 24 heavy (non-hydrogen) atoms. The Morgan fingerprint density at radius 2 is 1.96 bits per heavy atom. The van der Waals surface area contributed by atoms with Crippen molar-refractivity contribution in [1.29, 1.82) is 0 Å². The van der Waals surface area contributed by atoms with E-state index >= 15 is 0 Å². The van der Waals surface area contributed by atoms with Gasteiger partial charge in [-0.1, -0.05) is 6.07 Å². The molecule has 0 spiro atoms. The number of nitrogens with one attached hydrogen (secondary N) is 3. The van der Waals surface area contributed by atoms with Crippen molar-refractivity contribution in [1.82, 2.24) is 10.6 Å². The average molecular weight is 330 g/mol. The van der Waals surface area contributed by atoms with Crippen molar-refractivity contribution in [3.8, 4) is 0 Å². The van der Waals surface area contributed by atoms with Gasteiger partial charge in [0.1, 0.15) is 0 Å². The van der Waals surface area contributed by atoms with Crippen LogP contribution in [0.5, 0.6) is 0 Å². The number of hydrogen-bond acceptors (Lipinski definition) is 3. The van der Waals surface area contributed by atoms with Crippen molar-refractivity contribution >= 4 is 23.3 Å². The Bertz CT molecular complexity index is 596. The zero-order valence-corrected chi connectivity index (χ0v) is 14.2. The van der Waals surface area contributed by atoms with Gasteiger partial charge in [0.2, 0.25) is 5.91 Å². The number of anilines is 2. The van der Waals surface area contributed by atoms with Crippen LogP contribution >= 0.6 is 0 Å². The summed E-state index contributed by atoms with van der Waals surface area (Å²) in [5.41, 5.74) is 1.98. The van der Waals surface area contributed by atoms with Crippen LogP contribution in [-0.2, 0) is 4.79 Å². The molecule has 130 valence electrons. The predicted octanol–water partition coefficient (Wildman–Crippen LogP) is 2.47. The van der Waals surface area contributed by atoms with Crippen molar-refractivity contribution in [3.05, 3.63) is 24.3 Å². The highest BCUT2D eigenvalue weighted by Gasteiger charge is 2.22. The largest absolute Gasteiger partial charge is 0.382 e. The Labute approximate surface area is 143 Å². The van der Waals surface area contributed by atoms with E-state index in [-0.39, 0.29) is 11.9 Å². The zero-order valence-electron chi connectivity index (χ0n) is 14.2. The molecule has 6 heteroatoms. The van der Waals surface area contributed by atoms with Crippen molar-refractivity contribution in [3.63, 3.8) is 0 Å². The molecule has 0 unspecified atom stereocenters. The summed E-state index contributed by atoms with van der Waals surface area (Å²) in [7, 11) is 0. The Hall–Kier alpha value is -2.24. The lowest BCUT2D eigenvalue weighted by molar-refractivity contribution is -0.119. The summed E-state index contributed by atoms with van der Waals surface area (Å²) in [4.78, 5) is 24.9. The van der Waals surface area contributed by atoms with Gasteiger partial charge in [0.25, 0.3) is 0 Å². The molecule has 6 nitrogen and oxygen atoms in total. The fourth-order valence-corrected chi connectivity index (χ4v) is 3.54. The first-order valence-corrected chi connectivity index (χ1v) is 8.81. The third kappa shape index (κ3) is 4.19. The maximum Gasteiger partial charge on any atom is 0.321 e. The summed E-state index contributed by atoms with van der Waals surface area (Å²) in [5.74, 6) is 0.0546. The summed E-state index contributed by atoms with van der Waals surface area (Å²) in [6, 6.07) is 8.76. The molecule has 1 aromatic rings. The Kier molecular flexibility index (Phi) is 5.23. The molecule has 3 amide bonds. The molecule has 1 aliphatic heterocycles. The van der Waals surface area contributed by atoms with Crippen LogP contribution in [0.3, 0.4) is 0 Å². The molecule has 1 saturated heterocycles. The lowest BCUT2D eigenvalue weighted by atomic mass is 9.91. The third-order valence-electron chi connectivity index (χ3n) is 4.74. The van der Waals surface area contributed by atoms with Crippen LogP contribution in [0.1, 0.15) is 39.0 Å². The van der Waals surface area contributed by atoms with Crippen LogP contribution in [0, 0.1) is 0 Å². The zero-order chi connectivity index (χ0) is 16.9. The number of nitrogens with zero attached hydrogens (tertiary/aromatic N) is 1. The van der Waals surface area contributed by atoms with E-state index in [9.17, 15) is 9.59 Å². The van der Waals surface area contributed by atoms with E-state index in [1.54, 1.807) is 11.8 Å². The standard InChI is InChI=1S/C18H26N4O2/c1-13(23)20-14-6-8-15(9-7-14)21-16-4-2-5-17(12-16)22-11-3-10-19-18(22)24/h2,4-5,12,14-15,21H,3,6-11H2,1H3,(H,19,24)(H,20,23). The van der Waals surface area contributed by atoms with E-state index in [1.165, 1.54) is 0 Å². The van der Waals surface area contributed by atoms with Crippen LogP contribution in [-0.4, -0.2) is 37.1 Å². The molecule has 3 rings (SSSR count). The van der Waals surface area contributed by atoms with E-state index < -0.39 is 0 Å². The quantitative estimate of drug-likeness (QED) is 0.794. The molecule has 2 aliphatic rings. The molecule has 2 fully saturated rings. The summed E-state index contributed by atoms with van der Waals surface area (Å²) >= 11 is 0. The minimum atomic E-state index is -0.0192. The first-order chi connectivity index (χ1) is 11.6. The molecule has 1 aromatic carbocycles. The van der Waals surface area contributed by atoms with Gasteiger partial charge >= 0.3 is 6.03 Å². The molecule has 1 heterocycles. The highest BCUT2D eigenvalue weighted by Crippen LogP contribution is 2.25. The van der Waals surface area contributed by atoms with Crippen molar-refractivity contribution in [2.75, 3.05) is 23.3 Å². The van der Waals surface area contributed by atoms with Crippen LogP contribution in [0.2, 0.25) is 0 Å². The number of hydrogen-bond donors (Lipinski definition) is 3. The van der Waals surface area contributed by atoms with Crippen LogP contribution < -0.4 is 20.9 Å². The van der Waals surface area contributed by atoms with E-state index in [0.29, 0.717) is 12.1 Å². The number of carbonyl (C=O) groups is 2. The summed E-state index contributed by atoms with van der Waals surface area (Å²) < 4.78 is 0. The smallest absolute Gasteiger partial charge is 0.321 e. The van der Waals surface area contributed by atoms with Gasteiger partial charge in [0.15, 0.2) is 0 Å². The maximum absolute atomic E-state index is 12.0. The number of urea groups is 1. The molecule has 1 saturated carbocycles. The van der Waals surface area contributed by atoms with Gasteiger partial charge in [-0.3, -0.25) is 9.69 Å². The summed E-state index contributed by atoms with van der Waals surface area (Å²) in [6.45, 7) is 3.09. The Morgan fingerprint density at radius 3 is 2.67 bits per heavy atom. The number of rotatable bonds is 4. The lowest BCUT2D eigenvalue weighted by Gasteiger charge is -2.31. The monoisotopic (exact) mass is 330 g/mol. The fraction of sp³-hybridized carbons (Fsp3) is 0.556. The van der Waals surface area contributed by atoms with E-state index in [0.717, 1.165) is 56.6 Å². The second-order valence-electron chi connectivity index (χ2n) is 6.68. The lowest BCUT2D eigenvalue weighted by Crippen LogP contribution is -2.46. The van der Waals surface area contributed by atoms with Crippen molar-refractivity contribution in [2.45, 2.75) is 51.1 Å². The molecule has 3 N–H and O–H groups in total. The highest BCUT2D eigenvalue weighted by molar-refractivity contribution is 5.93. The normalized spacial score (nSPS) is 24.2. The van der Waals surface area contributed by atoms with Gasteiger partial charge in [0.05, 0.1) is 0 Å².